The van der Waals surface area contributed by atoms with Gasteiger partial charge in [-0.05, 0) is 50.3 Å². The molecule has 1 aromatic carbocycles. The first-order valence-corrected chi connectivity index (χ1v) is 7.71. The number of aromatic hydroxyl groups is 1. The van der Waals surface area contributed by atoms with Crippen LogP contribution in [0.2, 0.25) is 0 Å². The zero-order valence-corrected chi connectivity index (χ0v) is 12.3. The van der Waals surface area contributed by atoms with Gasteiger partial charge in [0.1, 0.15) is 11.5 Å². The molecule has 2 unspecified atom stereocenters. The van der Waals surface area contributed by atoms with Gasteiger partial charge in [-0.2, -0.15) is 0 Å². The average Bonchev–Trinajstić information content (AvgIpc) is 3.06. The molecule has 1 N–H and O–H groups in total. The normalized spacial score (nSPS) is 25.6. The Morgan fingerprint density at radius 2 is 2.10 bits per heavy atom. The van der Waals surface area contributed by atoms with Gasteiger partial charge in [0.25, 0.3) is 5.91 Å². The van der Waals surface area contributed by atoms with Gasteiger partial charge in [0, 0.05) is 24.9 Å². The fraction of sp³-hybridized carbons (Fsp3) is 0.529. The molecule has 0 spiro atoms. The molecule has 0 bridgehead atoms. The number of Topliss-reactive ketones (excluding diaryl/α,β-unsaturated/α-hetero) is 1. The summed E-state index contributed by atoms with van der Waals surface area (Å²) in [5, 5.41) is 10.0. The number of likely N-dealkylation sites (tertiary alicyclic amines) is 1. The summed E-state index contributed by atoms with van der Waals surface area (Å²) in [5.74, 6) is 0.190. The molecule has 1 saturated heterocycles. The van der Waals surface area contributed by atoms with Gasteiger partial charge >= 0.3 is 0 Å². The SMILES string of the molecule is Cc1ccc(C(=O)N2CCCC2C2CCCC2=O)c(O)c1. The van der Waals surface area contributed by atoms with E-state index in [-0.39, 0.29) is 23.6 Å². The van der Waals surface area contributed by atoms with Gasteiger partial charge in [0.15, 0.2) is 0 Å². The molecule has 2 fully saturated rings. The highest BCUT2D eigenvalue weighted by Gasteiger charge is 2.40. The number of carbonyl (C=O) groups is 2. The van der Waals surface area contributed by atoms with E-state index in [9.17, 15) is 14.7 Å². The zero-order chi connectivity index (χ0) is 15.0. The molecule has 2 atom stereocenters. The Morgan fingerprint density at radius 1 is 1.29 bits per heavy atom. The summed E-state index contributed by atoms with van der Waals surface area (Å²) in [5.41, 5.74) is 1.27. The third-order valence-electron chi connectivity index (χ3n) is 4.76. The van der Waals surface area contributed by atoms with Crippen molar-refractivity contribution in [2.24, 2.45) is 5.92 Å². The van der Waals surface area contributed by atoms with Crippen LogP contribution in [0.15, 0.2) is 18.2 Å². The number of hydrogen-bond acceptors (Lipinski definition) is 3. The maximum atomic E-state index is 12.7. The van der Waals surface area contributed by atoms with Crippen LogP contribution in [0.5, 0.6) is 5.75 Å². The van der Waals surface area contributed by atoms with Crippen molar-refractivity contribution in [1.82, 2.24) is 4.90 Å². The fourth-order valence-electron chi connectivity index (χ4n) is 3.69. The lowest BCUT2D eigenvalue weighted by atomic mass is 9.94. The summed E-state index contributed by atoms with van der Waals surface area (Å²) in [6.45, 7) is 2.56. The number of ketones is 1. The highest BCUT2D eigenvalue weighted by Crippen LogP contribution is 2.35. The monoisotopic (exact) mass is 287 g/mol. The lowest BCUT2D eigenvalue weighted by Gasteiger charge is -2.29. The molecule has 1 saturated carbocycles. The Hall–Kier alpha value is -1.84. The second-order valence-corrected chi connectivity index (χ2v) is 6.19. The third-order valence-corrected chi connectivity index (χ3v) is 4.76. The quantitative estimate of drug-likeness (QED) is 0.909. The largest absolute Gasteiger partial charge is 0.507 e. The van der Waals surface area contributed by atoms with Gasteiger partial charge in [0.2, 0.25) is 0 Å². The first-order valence-electron chi connectivity index (χ1n) is 7.71. The number of phenols is 1. The molecule has 1 aromatic rings. The third kappa shape index (κ3) is 2.55. The Labute approximate surface area is 124 Å². The lowest BCUT2D eigenvalue weighted by Crippen LogP contribution is -2.41. The van der Waals surface area contributed by atoms with Crippen molar-refractivity contribution < 1.29 is 14.7 Å². The highest BCUT2D eigenvalue weighted by atomic mass is 16.3. The van der Waals surface area contributed by atoms with Gasteiger partial charge in [-0.3, -0.25) is 9.59 Å². The molecule has 1 aliphatic carbocycles. The predicted molar refractivity (Wildman–Crippen MR) is 79.3 cm³/mol. The molecule has 112 valence electrons. The van der Waals surface area contributed by atoms with E-state index in [0.717, 1.165) is 31.2 Å². The number of hydrogen-bond donors (Lipinski definition) is 1. The standard InChI is InChI=1S/C17H21NO3/c1-11-7-8-13(16(20)10-11)17(21)18-9-3-5-14(18)12-4-2-6-15(12)19/h7-8,10,12,14,20H,2-6,9H2,1H3. The fourth-order valence-corrected chi connectivity index (χ4v) is 3.69. The van der Waals surface area contributed by atoms with Crippen molar-refractivity contribution in [2.75, 3.05) is 6.54 Å². The summed E-state index contributed by atoms with van der Waals surface area (Å²) in [7, 11) is 0. The van der Waals surface area contributed by atoms with E-state index < -0.39 is 0 Å². The average molecular weight is 287 g/mol. The molecule has 0 aromatic heterocycles. The number of phenolic OH excluding ortho intramolecular Hbond substituents is 1. The van der Waals surface area contributed by atoms with Crippen LogP contribution in [0.1, 0.15) is 48.0 Å². The molecular formula is C17H21NO3. The van der Waals surface area contributed by atoms with E-state index in [1.165, 1.54) is 0 Å². The maximum absolute atomic E-state index is 12.7. The molecule has 1 heterocycles. The van der Waals surface area contributed by atoms with Crippen molar-refractivity contribution in [1.29, 1.82) is 0 Å². The van der Waals surface area contributed by atoms with Crippen molar-refractivity contribution >= 4 is 11.7 Å². The highest BCUT2D eigenvalue weighted by molar-refractivity contribution is 5.97. The molecule has 21 heavy (non-hydrogen) atoms. The Balaban J connectivity index is 1.84. The molecule has 1 amide bonds. The van der Waals surface area contributed by atoms with Gasteiger partial charge in [0.05, 0.1) is 5.56 Å². The molecule has 4 heteroatoms. The number of benzene rings is 1. The minimum absolute atomic E-state index is 0.00374. The van der Waals surface area contributed by atoms with Crippen molar-refractivity contribution in [3.63, 3.8) is 0 Å². The van der Waals surface area contributed by atoms with Crippen LogP contribution in [0.25, 0.3) is 0 Å². The molecule has 0 radical (unpaired) electrons. The van der Waals surface area contributed by atoms with Crippen LogP contribution in [0, 0.1) is 12.8 Å². The minimum Gasteiger partial charge on any atom is -0.507 e. The zero-order valence-electron chi connectivity index (χ0n) is 12.3. The Morgan fingerprint density at radius 3 is 2.76 bits per heavy atom. The second-order valence-electron chi connectivity index (χ2n) is 6.19. The van der Waals surface area contributed by atoms with E-state index in [2.05, 4.69) is 0 Å². The van der Waals surface area contributed by atoms with E-state index in [0.29, 0.717) is 24.3 Å². The Kier molecular flexibility index (Phi) is 3.70. The van der Waals surface area contributed by atoms with Crippen LogP contribution >= 0.6 is 0 Å². The van der Waals surface area contributed by atoms with E-state index in [4.69, 9.17) is 0 Å². The smallest absolute Gasteiger partial charge is 0.257 e. The van der Waals surface area contributed by atoms with Crippen molar-refractivity contribution in [3.05, 3.63) is 29.3 Å². The lowest BCUT2D eigenvalue weighted by molar-refractivity contribution is -0.121. The topological polar surface area (TPSA) is 57.6 Å². The number of nitrogens with zero attached hydrogens (tertiary/aromatic N) is 1. The Bertz CT molecular complexity index is 581. The summed E-state index contributed by atoms with van der Waals surface area (Å²) < 4.78 is 0. The number of rotatable bonds is 2. The van der Waals surface area contributed by atoms with Crippen LogP contribution in [0.4, 0.5) is 0 Å². The van der Waals surface area contributed by atoms with E-state index in [1.54, 1.807) is 17.0 Å². The van der Waals surface area contributed by atoms with Crippen LogP contribution in [-0.2, 0) is 4.79 Å². The predicted octanol–water partition coefficient (Wildman–Crippen LogP) is 2.67. The minimum atomic E-state index is -0.144. The summed E-state index contributed by atoms with van der Waals surface area (Å²) in [4.78, 5) is 26.5. The summed E-state index contributed by atoms with van der Waals surface area (Å²) >= 11 is 0. The second kappa shape index (κ2) is 5.51. The molecule has 3 rings (SSSR count). The number of carbonyl (C=O) groups excluding carboxylic acids is 2. The first-order chi connectivity index (χ1) is 10.1. The maximum Gasteiger partial charge on any atom is 0.257 e. The molecule has 2 aliphatic rings. The molecule has 1 aliphatic heterocycles. The van der Waals surface area contributed by atoms with Crippen LogP contribution < -0.4 is 0 Å². The van der Waals surface area contributed by atoms with Crippen LogP contribution in [0.3, 0.4) is 0 Å². The molecular weight excluding hydrogens is 266 g/mol. The summed E-state index contributed by atoms with van der Waals surface area (Å²) in [6.07, 6.45) is 4.32. The van der Waals surface area contributed by atoms with Gasteiger partial charge in [-0.25, -0.2) is 0 Å². The molecule has 4 nitrogen and oxygen atoms in total. The van der Waals surface area contributed by atoms with Crippen molar-refractivity contribution in [3.8, 4) is 5.75 Å². The van der Waals surface area contributed by atoms with E-state index >= 15 is 0 Å². The first kappa shape index (κ1) is 14.1. The van der Waals surface area contributed by atoms with Crippen LogP contribution in [-0.4, -0.2) is 34.3 Å². The number of amides is 1. The van der Waals surface area contributed by atoms with E-state index in [1.807, 2.05) is 13.0 Å². The van der Waals surface area contributed by atoms with Gasteiger partial charge in [-0.1, -0.05) is 6.07 Å². The van der Waals surface area contributed by atoms with Gasteiger partial charge < -0.3 is 10.0 Å². The van der Waals surface area contributed by atoms with Gasteiger partial charge in [-0.15, -0.1) is 0 Å². The summed E-state index contributed by atoms with van der Waals surface area (Å²) in [6, 6.07) is 5.14. The van der Waals surface area contributed by atoms with Crippen molar-refractivity contribution in [2.45, 2.75) is 45.1 Å². The number of aryl methyl sites for hydroxylation is 1.